The average Bonchev–Trinajstić information content (AvgIpc) is 2.97. The smallest absolute Gasteiger partial charge is 0.269 e. The third-order valence-electron chi connectivity index (χ3n) is 3.60. The molecule has 1 atom stereocenters. The lowest BCUT2D eigenvalue weighted by Gasteiger charge is -2.19. The van der Waals surface area contributed by atoms with Gasteiger partial charge in [-0.15, -0.1) is 0 Å². The molecule has 2 heterocycles. The van der Waals surface area contributed by atoms with Crippen molar-refractivity contribution in [2.24, 2.45) is 0 Å². The molecular formula is C15H14BrN5O3. The minimum Gasteiger partial charge on any atom is -0.396 e. The lowest BCUT2D eigenvalue weighted by Crippen LogP contribution is -2.14. The molecule has 0 spiro atoms. The monoisotopic (exact) mass is 391 g/mol. The average molecular weight is 392 g/mol. The molecule has 3 rings (SSSR count). The molecule has 0 saturated carbocycles. The third kappa shape index (κ3) is 3.22. The van der Waals surface area contributed by atoms with E-state index in [4.69, 9.17) is 0 Å². The van der Waals surface area contributed by atoms with E-state index < -0.39 is 4.92 Å². The molecular weight excluding hydrogens is 378 g/mol. The van der Waals surface area contributed by atoms with E-state index in [1.807, 2.05) is 0 Å². The van der Waals surface area contributed by atoms with Crippen LogP contribution in [0.25, 0.3) is 5.52 Å². The SMILES string of the molecule is O=[N+]([O-])c1cccc([C@H](CCO)Nc2nccn3ncc(Br)c23)c1. The third-order valence-corrected chi connectivity index (χ3v) is 4.18. The van der Waals surface area contributed by atoms with Crippen LogP contribution in [-0.2, 0) is 0 Å². The highest BCUT2D eigenvalue weighted by Gasteiger charge is 2.17. The summed E-state index contributed by atoms with van der Waals surface area (Å²) >= 11 is 3.43. The zero-order valence-electron chi connectivity index (χ0n) is 12.5. The Hall–Kier alpha value is -2.52. The van der Waals surface area contributed by atoms with Crippen LogP contribution < -0.4 is 5.32 Å². The fraction of sp³-hybridized carbons (Fsp3) is 0.200. The molecule has 124 valence electrons. The summed E-state index contributed by atoms with van der Waals surface area (Å²) in [5.74, 6) is 0.576. The lowest BCUT2D eigenvalue weighted by atomic mass is 10.0. The second-order valence-electron chi connectivity index (χ2n) is 5.12. The number of nitrogens with zero attached hydrogens (tertiary/aromatic N) is 4. The van der Waals surface area contributed by atoms with Crippen molar-refractivity contribution in [2.45, 2.75) is 12.5 Å². The normalized spacial score (nSPS) is 12.2. The van der Waals surface area contributed by atoms with Crippen LogP contribution in [0.1, 0.15) is 18.0 Å². The van der Waals surface area contributed by atoms with E-state index in [-0.39, 0.29) is 18.3 Å². The molecule has 0 fully saturated rings. The Labute approximate surface area is 145 Å². The molecule has 1 aromatic carbocycles. The van der Waals surface area contributed by atoms with Gasteiger partial charge in [0.2, 0.25) is 0 Å². The number of nitrogens with one attached hydrogen (secondary N) is 1. The number of aliphatic hydroxyl groups is 1. The first kappa shape index (κ1) is 16.3. The van der Waals surface area contributed by atoms with Gasteiger partial charge in [-0.1, -0.05) is 12.1 Å². The van der Waals surface area contributed by atoms with E-state index in [1.165, 1.54) is 12.1 Å². The number of non-ortho nitro benzene ring substituents is 1. The minimum atomic E-state index is -0.438. The number of anilines is 1. The maximum atomic E-state index is 11.0. The van der Waals surface area contributed by atoms with Crippen LogP contribution in [0.15, 0.2) is 47.3 Å². The zero-order valence-corrected chi connectivity index (χ0v) is 14.0. The van der Waals surface area contributed by atoms with Crippen LogP contribution >= 0.6 is 15.9 Å². The first-order valence-electron chi connectivity index (χ1n) is 7.19. The van der Waals surface area contributed by atoms with Gasteiger partial charge in [0.05, 0.1) is 21.6 Å². The van der Waals surface area contributed by atoms with Crippen molar-refractivity contribution in [3.63, 3.8) is 0 Å². The van der Waals surface area contributed by atoms with Crippen molar-refractivity contribution in [1.82, 2.24) is 14.6 Å². The molecule has 2 N–H and O–H groups in total. The minimum absolute atomic E-state index is 0.00828. The summed E-state index contributed by atoms with van der Waals surface area (Å²) in [5, 5.41) is 27.8. The number of hydrogen-bond donors (Lipinski definition) is 2. The topological polar surface area (TPSA) is 106 Å². The van der Waals surface area contributed by atoms with Crippen LogP contribution in [0.3, 0.4) is 0 Å². The number of rotatable bonds is 6. The summed E-state index contributed by atoms with van der Waals surface area (Å²) in [6.45, 7) is -0.0656. The number of aromatic nitrogens is 3. The Balaban J connectivity index is 1.98. The van der Waals surface area contributed by atoms with Gasteiger partial charge in [-0.25, -0.2) is 9.50 Å². The molecule has 24 heavy (non-hydrogen) atoms. The zero-order chi connectivity index (χ0) is 17.1. The summed E-state index contributed by atoms with van der Waals surface area (Å²) in [6.07, 6.45) is 5.38. The van der Waals surface area contributed by atoms with Crippen molar-refractivity contribution < 1.29 is 10.0 Å². The fourth-order valence-corrected chi connectivity index (χ4v) is 2.95. The van der Waals surface area contributed by atoms with Gasteiger partial charge in [-0.05, 0) is 27.9 Å². The molecule has 0 aliphatic heterocycles. The van der Waals surface area contributed by atoms with E-state index >= 15 is 0 Å². The van der Waals surface area contributed by atoms with Crippen LogP contribution in [-0.4, -0.2) is 31.2 Å². The highest BCUT2D eigenvalue weighted by atomic mass is 79.9. The molecule has 0 bridgehead atoms. The summed E-state index contributed by atoms with van der Waals surface area (Å²) in [7, 11) is 0. The Morgan fingerprint density at radius 3 is 3.04 bits per heavy atom. The fourth-order valence-electron chi connectivity index (χ4n) is 2.49. The maximum absolute atomic E-state index is 11.0. The molecule has 0 radical (unpaired) electrons. The number of nitro benzene ring substituents is 1. The van der Waals surface area contributed by atoms with Gasteiger partial charge in [0.25, 0.3) is 5.69 Å². The first-order valence-corrected chi connectivity index (χ1v) is 7.99. The largest absolute Gasteiger partial charge is 0.396 e. The van der Waals surface area contributed by atoms with Gasteiger partial charge in [0.15, 0.2) is 5.82 Å². The van der Waals surface area contributed by atoms with Crippen molar-refractivity contribution in [2.75, 3.05) is 11.9 Å². The summed E-state index contributed by atoms with van der Waals surface area (Å²) in [5.41, 5.74) is 1.47. The highest BCUT2D eigenvalue weighted by molar-refractivity contribution is 9.10. The summed E-state index contributed by atoms with van der Waals surface area (Å²) in [6, 6.07) is 6.02. The molecule has 0 aliphatic carbocycles. The van der Waals surface area contributed by atoms with Crippen molar-refractivity contribution in [3.05, 3.63) is 63.0 Å². The molecule has 0 unspecified atom stereocenters. The standard InChI is InChI=1S/C15H14BrN5O3/c16-12-9-18-20-6-5-17-15(14(12)20)19-13(4-7-22)10-2-1-3-11(8-10)21(23)24/h1-3,5-6,8-9,13,22H,4,7H2,(H,17,19)/t13-/m0/s1. The predicted molar refractivity (Wildman–Crippen MR) is 91.8 cm³/mol. The number of aliphatic hydroxyl groups excluding tert-OH is 1. The van der Waals surface area contributed by atoms with E-state index in [2.05, 4.69) is 31.3 Å². The number of fused-ring (bicyclic) bond motifs is 1. The van der Waals surface area contributed by atoms with Gasteiger partial charge in [-0.3, -0.25) is 10.1 Å². The molecule has 3 aromatic rings. The Morgan fingerprint density at radius 2 is 2.29 bits per heavy atom. The number of hydrogen-bond acceptors (Lipinski definition) is 6. The highest BCUT2D eigenvalue weighted by Crippen LogP contribution is 2.29. The molecule has 0 amide bonds. The molecule has 9 heteroatoms. The number of nitro groups is 1. The van der Waals surface area contributed by atoms with E-state index in [9.17, 15) is 15.2 Å². The van der Waals surface area contributed by atoms with Crippen LogP contribution in [0, 0.1) is 10.1 Å². The Kier molecular flexibility index (Phi) is 4.72. The van der Waals surface area contributed by atoms with Gasteiger partial charge in [0.1, 0.15) is 5.52 Å². The van der Waals surface area contributed by atoms with Crippen molar-refractivity contribution in [1.29, 1.82) is 0 Å². The summed E-state index contributed by atoms with van der Waals surface area (Å²) in [4.78, 5) is 14.9. The quantitative estimate of drug-likeness (QED) is 0.494. The second kappa shape index (κ2) is 6.93. The summed E-state index contributed by atoms with van der Waals surface area (Å²) < 4.78 is 2.45. The predicted octanol–water partition coefficient (Wildman–Crippen LogP) is 2.94. The Bertz CT molecular complexity index is 882. The van der Waals surface area contributed by atoms with Gasteiger partial charge in [0, 0.05) is 31.1 Å². The molecule has 2 aromatic heterocycles. The van der Waals surface area contributed by atoms with E-state index in [1.54, 1.807) is 35.2 Å². The number of benzene rings is 1. The van der Waals surface area contributed by atoms with E-state index in [0.29, 0.717) is 17.8 Å². The van der Waals surface area contributed by atoms with Gasteiger partial charge >= 0.3 is 0 Å². The molecule has 8 nitrogen and oxygen atoms in total. The van der Waals surface area contributed by atoms with E-state index in [0.717, 1.165) is 9.99 Å². The molecule has 0 saturated heterocycles. The van der Waals surface area contributed by atoms with Crippen molar-refractivity contribution in [3.8, 4) is 0 Å². The Morgan fingerprint density at radius 1 is 1.46 bits per heavy atom. The van der Waals surface area contributed by atoms with Gasteiger partial charge < -0.3 is 10.4 Å². The lowest BCUT2D eigenvalue weighted by molar-refractivity contribution is -0.384. The van der Waals surface area contributed by atoms with Crippen molar-refractivity contribution >= 4 is 33.0 Å². The van der Waals surface area contributed by atoms with Gasteiger partial charge in [-0.2, -0.15) is 5.10 Å². The maximum Gasteiger partial charge on any atom is 0.269 e. The molecule has 0 aliphatic rings. The second-order valence-corrected chi connectivity index (χ2v) is 5.98. The van der Waals surface area contributed by atoms with Crippen LogP contribution in [0.2, 0.25) is 0 Å². The first-order chi connectivity index (χ1) is 11.6. The number of halogens is 1. The van der Waals surface area contributed by atoms with Crippen LogP contribution in [0.5, 0.6) is 0 Å². The van der Waals surface area contributed by atoms with Crippen LogP contribution in [0.4, 0.5) is 11.5 Å².